The highest BCUT2D eigenvalue weighted by atomic mass is 32.2. The zero-order valence-corrected chi connectivity index (χ0v) is 18.7. The summed E-state index contributed by atoms with van der Waals surface area (Å²) in [4.78, 5) is 0. The molecule has 0 amide bonds. The molecule has 5 rings (SSSR count). The van der Waals surface area contributed by atoms with Gasteiger partial charge in [-0.1, -0.05) is 36.4 Å². The first-order chi connectivity index (χ1) is 16.1. The van der Waals surface area contributed by atoms with Crippen molar-refractivity contribution in [3.8, 4) is 16.9 Å². The van der Waals surface area contributed by atoms with Gasteiger partial charge in [0.2, 0.25) is 10.0 Å². The first-order valence-corrected chi connectivity index (χ1v) is 12.1. The minimum absolute atomic E-state index is 0.270. The van der Waals surface area contributed by atoms with Crippen molar-refractivity contribution in [2.24, 2.45) is 0 Å². The molecule has 0 spiro atoms. The van der Waals surface area contributed by atoms with E-state index in [4.69, 9.17) is 0 Å². The molecule has 1 N–H and O–H groups in total. The molecule has 172 valence electrons. The third-order valence-electron chi connectivity index (χ3n) is 5.42. The molecule has 0 atom stereocenters. The van der Waals surface area contributed by atoms with Gasteiger partial charge in [0, 0.05) is 11.3 Å². The third kappa shape index (κ3) is 4.34. The summed E-state index contributed by atoms with van der Waals surface area (Å²) in [5, 5.41) is 7.79. The fourth-order valence-corrected chi connectivity index (χ4v) is 4.47. The number of aromatic nitrogens is 2. The molecule has 9 heteroatoms. The van der Waals surface area contributed by atoms with Crippen molar-refractivity contribution < 1.29 is 21.6 Å². The van der Waals surface area contributed by atoms with E-state index in [9.17, 15) is 21.6 Å². The van der Waals surface area contributed by atoms with Crippen LogP contribution in [0.1, 0.15) is 5.69 Å². The van der Waals surface area contributed by atoms with Crippen molar-refractivity contribution in [1.82, 2.24) is 9.78 Å². The lowest BCUT2D eigenvalue weighted by Gasteiger charge is -2.10. The molecule has 1 aromatic heterocycles. The van der Waals surface area contributed by atoms with E-state index in [2.05, 4.69) is 9.82 Å². The predicted octanol–water partition coefficient (Wildman–Crippen LogP) is 6.24. The highest BCUT2D eigenvalue weighted by molar-refractivity contribution is 7.92. The van der Waals surface area contributed by atoms with Crippen LogP contribution >= 0.6 is 0 Å². The predicted molar refractivity (Wildman–Crippen MR) is 127 cm³/mol. The molecule has 0 bridgehead atoms. The second-order valence-corrected chi connectivity index (χ2v) is 9.76. The van der Waals surface area contributed by atoms with Crippen LogP contribution in [0.5, 0.6) is 0 Å². The number of halogens is 3. The molecule has 0 unspecified atom stereocenters. The van der Waals surface area contributed by atoms with Gasteiger partial charge < -0.3 is 0 Å². The maximum absolute atomic E-state index is 13.5. The Hall–Kier alpha value is -3.85. The zero-order chi connectivity index (χ0) is 24.1. The average molecular weight is 481 g/mol. The van der Waals surface area contributed by atoms with Crippen LogP contribution in [0.3, 0.4) is 0 Å². The van der Waals surface area contributed by atoms with Crippen molar-refractivity contribution in [1.29, 1.82) is 0 Å². The van der Waals surface area contributed by atoms with Gasteiger partial charge in [0.15, 0.2) is 5.69 Å². The summed E-state index contributed by atoms with van der Waals surface area (Å²) in [6.07, 6.45) is -3.60. The van der Waals surface area contributed by atoms with E-state index in [1.807, 2.05) is 48.5 Å². The Morgan fingerprint density at radius 1 is 0.794 bits per heavy atom. The van der Waals surface area contributed by atoms with Crippen LogP contribution in [0.25, 0.3) is 38.5 Å². The molecule has 1 heterocycles. The molecule has 5 nitrogen and oxygen atoms in total. The Morgan fingerprint density at radius 3 is 2.03 bits per heavy atom. The maximum atomic E-state index is 13.5. The summed E-state index contributed by atoms with van der Waals surface area (Å²) in [5.41, 5.74) is 0.492. The number of rotatable bonds is 4. The van der Waals surface area contributed by atoms with Crippen molar-refractivity contribution in [3.05, 3.63) is 90.6 Å². The van der Waals surface area contributed by atoms with Crippen LogP contribution in [0.2, 0.25) is 0 Å². The Bertz CT molecular complexity index is 1640. The topological polar surface area (TPSA) is 64.0 Å². The second kappa shape index (κ2) is 7.88. The molecule has 0 saturated carbocycles. The summed E-state index contributed by atoms with van der Waals surface area (Å²) in [5.74, 6) is 0. The molecule has 0 aliphatic rings. The van der Waals surface area contributed by atoms with Crippen molar-refractivity contribution in [3.63, 3.8) is 0 Å². The Labute approximate surface area is 193 Å². The van der Waals surface area contributed by atoms with Gasteiger partial charge >= 0.3 is 6.18 Å². The van der Waals surface area contributed by atoms with Gasteiger partial charge in [-0.2, -0.15) is 18.3 Å². The minimum Gasteiger partial charge on any atom is -0.284 e. The Morgan fingerprint density at radius 2 is 1.41 bits per heavy atom. The van der Waals surface area contributed by atoms with Crippen molar-refractivity contribution >= 4 is 37.3 Å². The van der Waals surface area contributed by atoms with Gasteiger partial charge in [-0.25, -0.2) is 13.1 Å². The third-order valence-corrected chi connectivity index (χ3v) is 6.02. The summed E-state index contributed by atoms with van der Waals surface area (Å²) in [6.45, 7) is 0. The average Bonchev–Trinajstić information content (AvgIpc) is 3.23. The summed E-state index contributed by atoms with van der Waals surface area (Å²) in [7, 11) is -3.48. The molecular formula is C25H18F3N3O2S. The molecular weight excluding hydrogens is 463 g/mol. The molecule has 0 radical (unpaired) electrons. The number of sulfonamides is 1. The van der Waals surface area contributed by atoms with Gasteiger partial charge in [-0.3, -0.25) is 4.72 Å². The standard InChI is InChI=1S/C25H18F3N3O2S/c1-34(32,33)30-21-8-10-22(11-9-21)31-23(15-24(29-31)25(26,27)28)19-7-6-18-12-16-4-2-3-5-17(16)13-20(18)14-19/h2-15,30H,1H3. The lowest BCUT2D eigenvalue weighted by atomic mass is 10.0. The zero-order valence-electron chi connectivity index (χ0n) is 17.8. The van der Waals surface area contributed by atoms with E-state index in [0.29, 0.717) is 16.9 Å². The largest absolute Gasteiger partial charge is 0.435 e. The number of nitrogens with zero attached hydrogens (tertiary/aromatic N) is 2. The fraction of sp³-hybridized carbons (Fsp3) is 0.0800. The second-order valence-electron chi connectivity index (χ2n) is 8.01. The van der Waals surface area contributed by atoms with E-state index >= 15 is 0 Å². The van der Waals surface area contributed by atoms with Crippen LogP contribution in [-0.4, -0.2) is 24.5 Å². The lowest BCUT2D eigenvalue weighted by molar-refractivity contribution is -0.141. The van der Waals surface area contributed by atoms with Gasteiger partial charge in [0.05, 0.1) is 17.6 Å². The monoisotopic (exact) mass is 481 g/mol. The van der Waals surface area contributed by atoms with E-state index in [1.54, 1.807) is 6.07 Å². The Balaban J connectivity index is 1.64. The van der Waals surface area contributed by atoms with E-state index in [0.717, 1.165) is 33.9 Å². The van der Waals surface area contributed by atoms with Gasteiger partial charge in [-0.15, -0.1) is 0 Å². The Kier molecular flexibility index (Phi) is 5.09. The molecule has 0 fully saturated rings. The van der Waals surface area contributed by atoms with Crippen LogP contribution in [0, 0.1) is 0 Å². The number of nitrogens with one attached hydrogen (secondary N) is 1. The maximum Gasteiger partial charge on any atom is 0.435 e. The molecule has 0 aliphatic carbocycles. The molecule has 5 aromatic rings. The van der Waals surface area contributed by atoms with E-state index in [1.165, 1.54) is 28.9 Å². The smallest absolute Gasteiger partial charge is 0.284 e. The van der Waals surface area contributed by atoms with Crippen LogP contribution in [-0.2, 0) is 16.2 Å². The van der Waals surface area contributed by atoms with Crippen molar-refractivity contribution in [2.75, 3.05) is 11.0 Å². The van der Waals surface area contributed by atoms with Crippen LogP contribution in [0.4, 0.5) is 18.9 Å². The van der Waals surface area contributed by atoms with Crippen molar-refractivity contribution in [2.45, 2.75) is 6.18 Å². The quantitative estimate of drug-likeness (QED) is 0.309. The number of benzene rings is 4. The van der Waals surface area contributed by atoms with Crippen LogP contribution in [0.15, 0.2) is 84.9 Å². The number of anilines is 1. The molecule has 0 saturated heterocycles. The molecule has 0 aliphatic heterocycles. The van der Waals surface area contributed by atoms with E-state index < -0.39 is 21.9 Å². The SMILES string of the molecule is CS(=O)(=O)Nc1ccc(-n2nc(C(F)(F)F)cc2-c2ccc3cc4ccccc4cc3c2)cc1. The first kappa shape index (κ1) is 22.0. The lowest BCUT2D eigenvalue weighted by Crippen LogP contribution is -2.10. The minimum atomic E-state index is -4.62. The first-order valence-electron chi connectivity index (χ1n) is 10.3. The number of hydrogen-bond acceptors (Lipinski definition) is 3. The normalized spacial score (nSPS) is 12.4. The van der Waals surface area contributed by atoms with Crippen LogP contribution < -0.4 is 4.72 Å². The summed E-state index contributed by atoms with van der Waals surface area (Å²) < 4.78 is 67.1. The summed E-state index contributed by atoms with van der Waals surface area (Å²) >= 11 is 0. The number of alkyl halides is 3. The molecule has 34 heavy (non-hydrogen) atoms. The number of fused-ring (bicyclic) bond motifs is 2. The van der Waals surface area contributed by atoms with E-state index in [-0.39, 0.29) is 5.69 Å². The number of hydrogen-bond donors (Lipinski definition) is 1. The highest BCUT2D eigenvalue weighted by Crippen LogP contribution is 2.35. The van der Waals surface area contributed by atoms with Gasteiger partial charge in [0.25, 0.3) is 0 Å². The summed E-state index contributed by atoms with van der Waals surface area (Å²) in [6, 6.07) is 24.4. The van der Waals surface area contributed by atoms with Gasteiger partial charge in [0.1, 0.15) is 0 Å². The molecule has 4 aromatic carbocycles. The van der Waals surface area contributed by atoms with Gasteiger partial charge in [-0.05, 0) is 70.1 Å². The highest BCUT2D eigenvalue weighted by Gasteiger charge is 2.35. The fourth-order valence-electron chi connectivity index (χ4n) is 3.91.